The molecule has 14 heavy (non-hydrogen) atoms. The first-order valence-electron chi connectivity index (χ1n) is 5.55. The van der Waals surface area contributed by atoms with Crippen molar-refractivity contribution in [3.8, 4) is 6.07 Å². The SMILES string of the molecule is CNC1CCN(CC2(CC#N)CC2)C1. The molecule has 1 saturated carbocycles. The minimum absolute atomic E-state index is 0.386. The molecular formula is C11H19N3. The number of nitrogens with one attached hydrogen (secondary N) is 1. The third-order valence-corrected chi connectivity index (χ3v) is 3.65. The highest BCUT2D eigenvalue weighted by molar-refractivity contribution is 5.02. The third kappa shape index (κ3) is 2.08. The molecule has 3 nitrogen and oxygen atoms in total. The van der Waals surface area contributed by atoms with Gasteiger partial charge in [0.15, 0.2) is 0 Å². The molecular weight excluding hydrogens is 174 g/mol. The molecule has 1 aliphatic heterocycles. The first-order valence-corrected chi connectivity index (χ1v) is 5.55. The Kier molecular flexibility index (Phi) is 2.76. The van der Waals surface area contributed by atoms with Gasteiger partial charge in [-0.3, -0.25) is 0 Å². The van der Waals surface area contributed by atoms with Crippen LogP contribution in [0.4, 0.5) is 0 Å². The summed E-state index contributed by atoms with van der Waals surface area (Å²) in [5, 5.41) is 12.1. The average Bonchev–Trinajstić information content (AvgIpc) is 2.78. The Morgan fingerprint density at radius 1 is 1.57 bits per heavy atom. The zero-order valence-electron chi connectivity index (χ0n) is 8.92. The maximum Gasteiger partial charge on any atom is 0.0628 e. The van der Waals surface area contributed by atoms with Crippen molar-refractivity contribution < 1.29 is 0 Å². The van der Waals surface area contributed by atoms with Crippen molar-refractivity contribution in [3.63, 3.8) is 0 Å². The fraction of sp³-hybridized carbons (Fsp3) is 0.909. The van der Waals surface area contributed by atoms with Gasteiger partial charge in [-0.1, -0.05) is 0 Å². The number of nitrogens with zero attached hydrogens (tertiary/aromatic N) is 2. The summed E-state index contributed by atoms with van der Waals surface area (Å²) in [5.74, 6) is 0. The van der Waals surface area contributed by atoms with E-state index in [0.717, 1.165) is 13.0 Å². The number of hydrogen-bond acceptors (Lipinski definition) is 3. The first-order chi connectivity index (χ1) is 6.78. The van der Waals surface area contributed by atoms with Crippen LogP contribution in [-0.2, 0) is 0 Å². The van der Waals surface area contributed by atoms with E-state index >= 15 is 0 Å². The van der Waals surface area contributed by atoms with Crippen molar-refractivity contribution >= 4 is 0 Å². The normalized spacial score (nSPS) is 30.1. The summed E-state index contributed by atoms with van der Waals surface area (Å²) >= 11 is 0. The highest BCUT2D eigenvalue weighted by Crippen LogP contribution is 2.49. The summed E-state index contributed by atoms with van der Waals surface area (Å²) in [4.78, 5) is 2.52. The fourth-order valence-corrected chi connectivity index (χ4v) is 2.42. The van der Waals surface area contributed by atoms with Gasteiger partial charge in [0.2, 0.25) is 0 Å². The Morgan fingerprint density at radius 3 is 2.86 bits per heavy atom. The highest BCUT2D eigenvalue weighted by Gasteiger charge is 2.44. The molecule has 1 saturated heterocycles. The van der Waals surface area contributed by atoms with Gasteiger partial charge in [-0.15, -0.1) is 0 Å². The van der Waals surface area contributed by atoms with Gasteiger partial charge in [-0.05, 0) is 38.3 Å². The molecule has 1 aliphatic carbocycles. The van der Waals surface area contributed by atoms with E-state index in [9.17, 15) is 0 Å². The monoisotopic (exact) mass is 193 g/mol. The van der Waals surface area contributed by atoms with Gasteiger partial charge < -0.3 is 10.2 Å². The van der Waals surface area contributed by atoms with Gasteiger partial charge in [-0.2, -0.15) is 5.26 Å². The second-order valence-corrected chi connectivity index (χ2v) is 4.84. The van der Waals surface area contributed by atoms with Crippen LogP contribution in [-0.4, -0.2) is 37.6 Å². The molecule has 1 heterocycles. The van der Waals surface area contributed by atoms with Gasteiger partial charge in [-0.25, -0.2) is 0 Å². The summed E-state index contributed by atoms with van der Waals surface area (Å²) in [5.41, 5.74) is 0.386. The van der Waals surface area contributed by atoms with E-state index in [1.54, 1.807) is 0 Å². The molecule has 0 aromatic heterocycles. The lowest BCUT2D eigenvalue weighted by atomic mass is 10.0. The summed E-state index contributed by atoms with van der Waals surface area (Å²) in [6, 6.07) is 3.00. The Bertz CT molecular complexity index is 239. The smallest absolute Gasteiger partial charge is 0.0628 e. The van der Waals surface area contributed by atoms with Crippen molar-refractivity contribution in [3.05, 3.63) is 0 Å². The van der Waals surface area contributed by atoms with E-state index in [1.165, 1.54) is 32.4 Å². The highest BCUT2D eigenvalue weighted by atomic mass is 15.2. The van der Waals surface area contributed by atoms with E-state index < -0.39 is 0 Å². The van der Waals surface area contributed by atoms with E-state index in [4.69, 9.17) is 5.26 Å². The first kappa shape index (κ1) is 9.95. The van der Waals surface area contributed by atoms with Gasteiger partial charge in [0.1, 0.15) is 0 Å². The summed E-state index contributed by atoms with van der Waals surface area (Å²) in [6.07, 6.45) is 4.55. The third-order valence-electron chi connectivity index (χ3n) is 3.65. The molecule has 0 radical (unpaired) electrons. The molecule has 2 aliphatic rings. The molecule has 0 spiro atoms. The second kappa shape index (κ2) is 3.88. The topological polar surface area (TPSA) is 39.1 Å². The summed E-state index contributed by atoms with van der Waals surface area (Å²) < 4.78 is 0. The average molecular weight is 193 g/mol. The Hall–Kier alpha value is -0.590. The molecule has 3 heteroatoms. The number of nitriles is 1. The largest absolute Gasteiger partial charge is 0.316 e. The zero-order valence-corrected chi connectivity index (χ0v) is 8.92. The van der Waals surface area contributed by atoms with Crippen LogP contribution in [0, 0.1) is 16.7 Å². The minimum Gasteiger partial charge on any atom is -0.316 e. The predicted molar refractivity (Wildman–Crippen MR) is 55.8 cm³/mol. The van der Waals surface area contributed by atoms with Crippen LogP contribution in [0.1, 0.15) is 25.7 Å². The van der Waals surface area contributed by atoms with Gasteiger partial charge in [0, 0.05) is 25.6 Å². The minimum atomic E-state index is 0.386. The summed E-state index contributed by atoms with van der Waals surface area (Å²) in [6.45, 7) is 3.53. The number of hydrogen-bond donors (Lipinski definition) is 1. The quantitative estimate of drug-likeness (QED) is 0.723. The maximum atomic E-state index is 8.73. The Labute approximate surface area is 86.1 Å². The fourth-order valence-electron chi connectivity index (χ4n) is 2.42. The molecule has 1 unspecified atom stereocenters. The Morgan fingerprint density at radius 2 is 2.36 bits per heavy atom. The van der Waals surface area contributed by atoms with Gasteiger partial charge in [0.05, 0.1) is 6.07 Å². The number of likely N-dealkylation sites (tertiary alicyclic amines) is 1. The van der Waals surface area contributed by atoms with Crippen LogP contribution in [0.2, 0.25) is 0 Å². The van der Waals surface area contributed by atoms with E-state index in [1.807, 2.05) is 7.05 Å². The molecule has 0 amide bonds. The molecule has 0 aromatic carbocycles. The number of rotatable bonds is 4. The molecule has 2 fully saturated rings. The standard InChI is InChI=1S/C11H19N3/c1-13-10-2-7-14(8-10)9-11(3-4-11)5-6-12/h10,13H,2-5,7-9H2,1H3. The van der Waals surface area contributed by atoms with Crippen molar-refractivity contribution in [2.75, 3.05) is 26.7 Å². The van der Waals surface area contributed by atoms with Crippen molar-refractivity contribution in [1.82, 2.24) is 10.2 Å². The van der Waals surface area contributed by atoms with E-state index in [-0.39, 0.29) is 0 Å². The van der Waals surface area contributed by atoms with Crippen molar-refractivity contribution in [2.24, 2.45) is 5.41 Å². The maximum absolute atomic E-state index is 8.73. The van der Waals surface area contributed by atoms with Crippen LogP contribution in [0.25, 0.3) is 0 Å². The Balaban J connectivity index is 1.79. The lowest BCUT2D eigenvalue weighted by Crippen LogP contribution is -2.33. The van der Waals surface area contributed by atoms with E-state index in [0.29, 0.717) is 11.5 Å². The van der Waals surface area contributed by atoms with E-state index in [2.05, 4.69) is 16.3 Å². The van der Waals surface area contributed by atoms with Gasteiger partial charge >= 0.3 is 0 Å². The summed E-state index contributed by atoms with van der Waals surface area (Å²) in [7, 11) is 2.04. The lowest BCUT2D eigenvalue weighted by molar-refractivity contribution is 0.261. The number of likely N-dealkylation sites (N-methyl/N-ethyl adjacent to an activating group) is 1. The van der Waals surface area contributed by atoms with Gasteiger partial charge in [0.25, 0.3) is 0 Å². The predicted octanol–water partition coefficient (Wildman–Crippen LogP) is 0.974. The molecule has 78 valence electrons. The van der Waals surface area contributed by atoms with Crippen LogP contribution < -0.4 is 5.32 Å². The van der Waals surface area contributed by atoms with Crippen molar-refractivity contribution in [2.45, 2.75) is 31.7 Å². The zero-order chi connectivity index (χ0) is 10.0. The van der Waals surface area contributed by atoms with Crippen LogP contribution in [0.5, 0.6) is 0 Å². The lowest BCUT2D eigenvalue weighted by Gasteiger charge is -2.21. The van der Waals surface area contributed by atoms with Crippen LogP contribution in [0.3, 0.4) is 0 Å². The second-order valence-electron chi connectivity index (χ2n) is 4.84. The molecule has 0 bridgehead atoms. The van der Waals surface area contributed by atoms with Crippen LogP contribution in [0.15, 0.2) is 0 Å². The van der Waals surface area contributed by atoms with Crippen LogP contribution >= 0.6 is 0 Å². The molecule has 1 atom stereocenters. The molecule has 0 aromatic rings. The molecule has 1 N–H and O–H groups in total. The van der Waals surface area contributed by atoms with Crippen molar-refractivity contribution in [1.29, 1.82) is 5.26 Å². The molecule has 2 rings (SSSR count).